The number of hydrogen-bond donors (Lipinski definition) is 0. The minimum Gasteiger partial charge on any atom is -0.464 e. The second-order valence-electron chi connectivity index (χ2n) is 5.91. The monoisotopic (exact) mass is 378 g/mol. The third-order valence-corrected chi connectivity index (χ3v) is 6.39. The van der Waals surface area contributed by atoms with Crippen LogP contribution in [-0.4, -0.2) is 62.4 Å². The lowest BCUT2D eigenvalue weighted by Gasteiger charge is -2.36. The highest BCUT2D eigenvalue weighted by Crippen LogP contribution is 2.35. The zero-order valence-corrected chi connectivity index (χ0v) is 14.0. The van der Waals surface area contributed by atoms with Crippen LogP contribution in [-0.2, 0) is 25.7 Å². The zero-order valence-electron chi connectivity index (χ0n) is 13.2. The molecule has 0 spiro atoms. The summed E-state index contributed by atoms with van der Waals surface area (Å²) in [6.07, 6.45) is -4.21. The summed E-state index contributed by atoms with van der Waals surface area (Å²) in [6, 6.07) is 3.77. The molecule has 138 valence electrons. The number of carbonyl (C=O) groups is 1. The number of benzene rings is 1. The SMILES string of the molecule is O=C1OCCC1N1CCN(S(=O)(=O)c2ccccc2C(F)(F)F)CC1. The van der Waals surface area contributed by atoms with E-state index >= 15 is 0 Å². The van der Waals surface area contributed by atoms with Crippen molar-refractivity contribution < 1.29 is 31.1 Å². The van der Waals surface area contributed by atoms with Gasteiger partial charge in [0.15, 0.2) is 0 Å². The second kappa shape index (κ2) is 6.58. The molecule has 2 aliphatic rings. The Balaban J connectivity index is 1.78. The molecular formula is C15H17F3N2O4S. The Kier molecular flexibility index (Phi) is 4.78. The molecule has 10 heteroatoms. The molecule has 2 aliphatic heterocycles. The third-order valence-electron chi connectivity index (χ3n) is 4.43. The molecule has 0 aromatic heterocycles. The van der Waals surface area contributed by atoms with Gasteiger partial charge in [0.1, 0.15) is 6.04 Å². The lowest BCUT2D eigenvalue weighted by Crippen LogP contribution is -2.53. The minimum absolute atomic E-state index is 0.0261. The van der Waals surface area contributed by atoms with Gasteiger partial charge in [-0.25, -0.2) is 8.42 Å². The average molecular weight is 378 g/mol. The number of nitrogens with zero attached hydrogens (tertiary/aromatic N) is 2. The summed E-state index contributed by atoms with van der Waals surface area (Å²) < 4.78 is 70.6. The molecule has 2 heterocycles. The van der Waals surface area contributed by atoms with E-state index in [1.165, 1.54) is 6.07 Å². The number of cyclic esters (lactones) is 1. The molecule has 0 N–H and O–H groups in total. The quantitative estimate of drug-likeness (QED) is 0.743. The van der Waals surface area contributed by atoms with Gasteiger partial charge in [0.2, 0.25) is 10.0 Å². The minimum atomic E-state index is -4.75. The summed E-state index contributed by atoms with van der Waals surface area (Å²) in [5.41, 5.74) is -1.17. The molecule has 1 aromatic carbocycles. The fourth-order valence-electron chi connectivity index (χ4n) is 3.14. The van der Waals surface area contributed by atoms with Crippen LogP contribution >= 0.6 is 0 Å². The van der Waals surface area contributed by atoms with Crippen molar-refractivity contribution in [2.75, 3.05) is 32.8 Å². The van der Waals surface area contributed by atoms with E-state index in [-0.39, 0.29) is 32.1 Å². The number of halogens is 3. The third kappa shape index (κ3) is 3.51. The number of esters is 1. The molecule has 1 aromatic rings. The summed E-state index contributed by atoms with van der Waals surface area (Å²) in [6.45, 7) is 0.929. The van der Waals surface area contributed by atoms with Gasteiger partial charge in [0.25, 0.3) is 0 Å². The van der Waals surface area contributed by atoms with Gasteiger partial charge in [-0.2, -0.15) is 17.5 Å². The molecule has 0 bridgehead atoms. The van der Waals surface area contributed by atoms with Crippen LogP contribution in [0.5, 0.6) is 0 Å². The van der Waals surface area contributed by atoms with Gasteiger partial charge in [-0.05, 0) is 12.1 Å². The number of rotatable bonds is 3. The van der Waals surface area contributed by atoms with E-state index in [9.17, 15) is 26.4 Å². The lowest BCUT2D eigenvalue weighted by molar-refractivity contribution is -0.143. The van der Waals surface area contributed by atoms with E-state index in [1.54, 1.807) is 0 Å². The van der Waals surface area contributed by atoms with E-state index in [4.69, 9.17) is 4.74 Å². The molecule has 0 saturated carbocycles. The van der Waals surface area contributed by atoms with Gasteiger partial charge in [0.05, 0.1) is 17.1 Å². The molecule has 0 amide bonds. The van der Waals surface area contributed by atoms with E-state index < -0.39 is 32.7 Å². The molecule has 6 nitrogen and oxygen atoms in total. The number of alkyl halides is 3. The molecule has 1 unspecified atom stereocenters. The van der Waals surface area contributed by atoms with Crippen molar-refractivity contribution in [3.05, 3.63) is 29.8 Å². The molecule has 0 aliphatic carbocycles. The Labute approximate surface area is 143 Å². The Morgan fingerprint density at radius 2 is 1.72 bits per heavy atom. The van der Waals surface area contributed by atoms with Gasteiger partial charge in [-0.1, -0.05) is 12.1 Å². The first-order chi connectivity index (χ1) is 11.7. The highest BCUT2D eigenvalue weighted by atomic mass is 32.2. The van der Waals surface area contributed by atoms with Crippen molar-refractivity contribution in [3.8, 4) is 0 Å². The number of carbonyl (C=O) groups excluding carboxylic acids is 1. The number of piperazine rings is 1. The molecule has 2 saturated heterocycles. The molecule has 25 heavy (non-hydrogen) atoms. The Bertz CT molecular complexity index is 758. The first-order valence-electron chi connectivity index (χ1n) is 7.78. The van der Waals surface area contributed by atoms with Gasteiger partial charge in [-0.3, -0.25) is 9.69 Å². The Hall–Kier alpha value is -1.65. The first kappa shape index (κ1) is 18.2. The van der Waals surface area contributed by atoms with Crippen LogP contribution < -0.4 is 0 Å². The van der Waals surface area contributed by atoms with Gasteiger partial charge in [0, 0.05) is 32.6 Å². The fourth-order valence-corrected chi connectivity index (χ4v) is 4.77. The topological polar surface area (TPSA) is 66.9 Å². The maximum Gasteiger partial charge on any atom is 0.417 e. The first-order valence-corrected chi connectivity index (χ1v) is 9.22. The summed E-state index contributed by atoms with van der Waals surface area (Å²) >= 11 is 0. The highest BCUT2D eigenvalue weighted by molar-refractivity contribution is 7.89. The standard InChI is InChI=1S/C15H17F3N2O4S/c16-15(17,18)11-3-1-2-4-13(11)25(22,23)20-8-6-19(7-9-20)12-5-10-24-14(12)21/h1-4,12H,5-10H2. The molecule has 3 rings (SSSR count). The maximum atomic E-state index is 13.1. The smallest absolute Gasteiger partial charge is 0.417 e. The Morgan fingerprint density at radius 3 is 2.28 bits per heavy atom. The predicted octanol–water partition coefficient (Wildman–Crippen LogP) is 1.33. The maximum absolute atomic E-state index is 13.1. The van der Waals surface area contributed by atoms with Crippen molar-refractivity contribution in [3.63, 3.8) is 0 Å². The van der Waals surface area contributed by atoms with Crippen LogP contribution in [0.3, 0.4) is 0 Å². The van der Waals surface area contributed by atoms with E-state index in [1.807, 2.05) is 4.90 Å². The average Bonchev–Trinajstić information content (AvgIpc) is 3.00. The molecule has 2 fully saturated rings. The zero-order chi connectivity index (χ0) is 18.2. The molecule has 1 atom stereocenters. The van der Waals surface area contributed by atoms with Crippen molar-refractivity contribution >= 4 is 16.0 Å². The predicted molar refractivity (Wildman–Crippen MR) is 81.1 cm³/mol. The highest BCUT2D eigenvalue weighted by Gasteiger charge is 2.41. The summed E-state index contributed by atoms with van der Waals surface area (Å²) in [5.74, 6) is -0.335. The van der Waals surface area contributed by atoms with Crippen molar-refractivity contribution in [2.45, 2.75) is 23.5 Å². The van der Waals surface area contributed by atoms with Crippen LogP contribution in [0.1, 0.15) is 12.0 Å². The van der Waals surface area contributed by atoms with Crippen molar-refractivity contribution in [1.82, 2.24) is 9.21 Å². The van der Waals surface area contributed by atoms with Crippen molar-refractivity contribution in [2.24, 2.45) is 0 Å². The second-order valence-corrected chi connectivity index (χ2v) is 7.81. The number of ether oxygens (including phenoxy) is 1. The largest absolute Gasteiger partial charge is 0.464 e. The van der Waals surface area contributed by atoms with Gasteiger partial charge >= 0.3 is 12.1 Å². The number of hydrogen-bond acceptors (Lipinski definition) is 5. The fraction of sp³-hybridized carbons (Fsp3) is 0.533. The number of sulfonamides is 1. The summed E-state index contributed by atoms with van der Waals surface area (Å²) in [5, 5.41) is 0. The van der Waals surface area contributed by atoms with E-state index in [0.29, 0.717) is 13.0 Å². The summed E-state index contributed by atoms with van der Waals surface area (Å²) in [7, 11) is -4.27. The molecular weight excluding hydrogens is 361 g/mol. The molecule has 0 radical (unpaired) electrons. The summed E-state index contributed by atoms with van der Waals surface area (Å²) in [4.78, 5) is 12.7. The van der Waals surface area contributed by atoms with Crippen LogP contribution in [0.25, 0.3) is 0 Å². The van der Waals surface area contributed by atoms with E-state index in [0.717, 1.165) is 22.5 Å². The Morgan fingerprint density at radius 1 is 1.08 bits per heavy atom. The normalized spacial score (nSPS) is 23.6. The van der Waals surface area contributed by atoms with Crippen LogP contribution in [0.4, 0.5) is 13.2 Å². The lowest BCUT2D eigenvalue weighted by atomic mass is 10.2. The van der Waals surface area contributed by atoms with Crippen LogP contribution in [0.2, 0.25) is 0 Å². The van der Waals surface area contributed by atoms with Gasteiger partial charge in [-0.15, -0.1) is 0 Å². The van der Waals surface area contributed by atoms with Gasteiger partial charge < -0.3 is 4.74 Å². The van der Waals surface area contributed by atoms with Crippen molar-refractivity contribution in [1.29, 1.82) is 0 Å². The van der Waals surface area contributed by atoms with Crippen LogP contribution in [0.15, 0.2) is 29.2 Å². The van der Waals surface area contributed by atoms with Crippen LogP contribution in [0, 0.1) is 0 Å². The van der Waals surface area contributed by atoms with E-state index in [2.05, 4.69) is 0 Å².